The molecule has 0 aliphatic heterocycles. The Bertz CT molecular complexity index is 582. The second kappa shape index (κ2) is 5.55. The minimum Gasteiger partial charge on any atom is -0.479 e. The molecule has 1 heterocycles. The number of aromatic nitrogens is 1. The van der Waals surface area contributed by atoms with E-state index in [1.165, 1.54) is 12.1 Å². The van der Waals surface area contributed by atoms with Gasteiger partial charge in [0.2, 0.25) is 0 Å². The highest BCUT2D eigenvalue weighted by Gasteiger charge is 2.46. The summed E-state index contributed by atoms with van der Waals surface area (Å²) in [5.41, 5.74) is -1.32. The molecule has 0 aromatic carbocycles. The Labute approximate surface area is 120 Å². The molecular weight excluding hydrogens is 278 g/mol. The van der Waals surface area contributed by atoms with E-state index in [-0.39, 0.29) is 17.4 Å². The predicted molar refractivity (Wildman–Crippen MR) is 72.9 cm³/mol. The van der Waals surface area contributed by atoms with Crippen LogP contribution < -0.4 is 5.32 Å². The average molecular weight is 295 g/mol. The molecule has 3 N–H and O–H groups in total. The first-order chi connectivity index (χ1) is 9.86. The molecule has 21 heavy (non-hydrogen) atoms. The highest BCUT2D eigenvalue weighted by Crippen LogP contribution is 2.34. The number of nitrogens with zero attached hydrogens (tertiary/aromatic N) is 1. The van der Waals surface area contributed by atoms with E-state index in [1.54, 1.807) is 6.92 Å². The Morgan fingerprint density at radius 2 is 2.19 bits per heavy atom. The van der Waals surface area contributed by atoms with Crippen LogP contribution in [-0.4, -0.2) is 32.4 Å². The van der Waals surface area contributed by atoms with Crippen molar-refractivity contribution < 1.29 is 19.6 Å². The zero-order chi connectivity index (χ0) is 15.6. The van der Waals surface area contributed by atoms with E-state index in [0.717, 1.165) is 19.3 Å². The number of carbonyl (C=O) groups is 2. The molecule has 1 aliphatic carbocycles. The van der Waals surface area contributed by atoms with Gasteiger partial charge in [-0.05, 0) is 29.7 Å². The third kappa shape index (κ3) is 2.74. The van der Waals surface area contributed by atoms with Gasteiger partial charge < -0.3 is 20.5 Å². The molecule has 0 spiro atoms. The normalized spacial score (nSPS) is 25.3. The van der Waals surface area contributed by atoms with Crippen LogP contribution >= 0.6 is 0 Å². The van der Waals surface area contributed by atoms with Crippen molar-refractivity contribution in [1.82, 2.24) is 10.3 Å². The first-order valence-electron chi connectivity index (χ1n) is 6.76. The monoisotopic (exact) mass is 295 g/mol. The van der Waals surface area contributed by atoms with Gasteiger partial charge in [-0.3, -0.25) is 4.79 Å². The lowest BCUT2D eigenvalue weighted by Gasteiger charge is -2.39. The standard InChI is InChI=1S/C13H17N3O5/c1-8-4-2-3-7-13(8,12(18)19)15-11(17)9-5-6-10(14-9)16(20)21/h5-6,8,14H,2-4,7H2,1H3,(H,15,17)(H,18,19). The van der Waals surface area contributed by atoms with Crippen molar-refractivity contribution in [2.45, 2.75) is 38.1 Å². The van der Waals surface area contributed by atoms with Crippen molar-refractivity contribution >= 4 is 17.7 Å². The highest BCUT2D eigenvalue weighted by molar-refractivity contribution is 5.97. The summed E-state index contributed by atoms with van der Waals surface area (Å²) in [4.78, 5) is 36.1. The maximum Gasteiger partial charge on any atom is 0.329 e. The van der Waals surface area contributed by atoms with E-state index in [2.05, 4.69) is 10.3 Å². The number of rotatable bonds is 4. The lowest BCUT2D eigenvalue weighted by atomic mass is 9.73. The van der Waals surface area contributed by atoms with Crippen molar-refractivity contribution in [3.63, 3.8) is 0 Å². The van der Waals surface area contributed by atoms with E-state index >= 15 is 0 Å². The number of nitrogens with one attached hydrogen (secondary N) is 2. The Hall–Kier alpha value is -2.38. The molecule has 1 saturated carbocycles. The van der Waals surface area contributed by atoms with Crippen molar-refractivity contribution in [3.05, 3.63) is 27.9 Å². The Morgan fingerprint density at radius 1 is 1.48 bits per heavy atom. The second-order valence-corrected chi connectivity index (χ2v) is 5.39. The van der Waals surface area contributed by atoms with Crippen molar-refractivity contribution in [2.24, 2.45) is 5.92 Å². The maximum atomic E-state index is 12.2. The number of hydrogen-bond donors (Lipinski definition) is 3. The minimum atomic E-state index is -1.31. The summed E-state index contributed by atoms with van der Waals surface area (Å²) in [6, 6.07) is 2.45. The van der Waals surface area contributed by atoms with Crippen LogP contribution in [0.1, 0.15) is 43.1 Å². The first kappa shape index (κ1) is 15.0. The molecule has 2 unspecified atom stereocenters. The Morgan fingerprint density at radius 3 is 2.71 bits per heavy atom. The summed E-state index contributed by atoms with van der Waals surface area (Å²) >= 11 is 0. The zero-order valence-corrected chi connectivity index (χ0v) is 11.6. The van der Waals surface area contributed by atoms with Gasteiger partial charge >= 0.3 is 11.8 Å². The molecule has 8 heteroatoms. The van der Waals surface area contributed by atoms with Gasteiger partial charge in [-0.2, -0.15) is 0 Å². The molecule has 1 aliphatic rings. The van der Waals surface area contributed by atoms with Gasteiger partial charge in [-0.1, -0.05) is 19.8 Å². The van der Waals surface area contributed by atoms with E-state index in [4.69, 9.17) is 0 Å². The van der Waals surface area contributed by atoms with Crippen LogP contribution in [0, 0.1) is 16.0 Å². The fourth-order valence-electron chi connectivity index (χ4n) is 2.80. The lowest BCUT2D eigenvalue weighted by molar-refractivity contribution is -0.389. The fraction of sp³-hybridized carbons (Fsp3) is 0.538. The Kier molecular flexibility index (Phi) is 3.97. The minimum absolute atomic E-state index is 0.0138. The van der Waals surface area contributed by atoms with Crippen LogP contribution in [0.3, 0.4) is 0 Å². The Balaban J connectivity index is 2.22. The van der Waals surface area contributed by atoms with E-state index < -0.39 is 22.3 Å². The van der Waals surface area contributed by atoms with E-state index in [0.29, 0.717) is 6.42 Å². The summed E-state index contributed by atoms with van der Waals surface area (Å²) < 4.78 is 0. The molecule has 1 aromatic rings. The number of H-pyrrole nitrogens is 1. The number of aromatic amines is 1. The molecule has 0 radical (unpaired) electrons. The van der Waals surface area contributed by atoms with E-state index in [1.807, 2.05) is 0 Å². The third-order valence-corrected chi connectivity index (χ3v) is 4.13. The van der Waals surface area contributed by atoms with Crippen LogP contribution in [-0.2, 0) is 4.79 Å². The van der Waals surface area contributed by atoms with Gasteiger partial charge in [0.1, 0.15) is 5.54 Å². The maximum absolute atomic E-state index is 12.2. The number of amides is 1. The van der Waals surface area contributed by atoms with Crippen LogP contribution in [0.25, 0.3) is 0 Å². The van der Waals surface area contributed by atoms with Gasteiger partial charge in [-0.25, -0.2) is 9.78 Å². The largest absolute Gasteiger partial charge is 0.479 e. The van der Waals surface area contributed by atoms with Crippen LogP contribution in [0.15, 0.2) is 12.1 Å². The number of hydrogen-bond acceptors (Lipinski definition) is 4. The first-order valence-corrected chi connectivity index (χ1v) is 6.76. The van der Waals surface area contributed by atoms with E-state index in [9.17, 15) is 24.8 Å². The molecule has 1 fully saturated rings. The van der Waals surface area contributed by atoms with Gasteiger partial charge in [0.15, 0.2) is 5.69 Å². The number of carboxylic acid groups (broad SMARTS) is 1. The lowest BCUT2D eigenvalue weighted by Crippen LogP contribution is -2.60. The summed E-state index contributed by atoms with van der Waals surface area (Å²) in [5, 5.41) is 22.7. The molecule has 1 amide bonds. The van der Waals surface area contributed by atoms with Gasteiger partial charge in [0, 0.05) is 6.07 Å². The number of nitro groups is 1. The molecule has 0 bridgehead atoms. The molecule has 0 saturated heterocycles. The van der Waals surface area contributed by atoms with Crippen LogP contribution in [0.2, 0.25) is 0 Å². The molecule has 2 atom stereocenters. The van der Waals surface area contributed by atoms with Gasteiger partial charge in [-0.15, -0.1) is 0 Å². The third-order valence-electron chi connectivity index (χ3n) is 4.13. The smallest absolute Gasteiger partial charge is 0.329 e. The average Bonchev–Trinajstić information content (AvgIpc) is 2.91. The summed E-state index contributed by atoms with van der Waals surface area (Å²) in [5.74, 6) is -2.21. The molecular formula is C13H17N3O5. The van der Waals surface area contributed by atoms with Crippen molar-refractivity contribution in [3.8, 4) is 0 Å². The highest BCUT2D eigenvalue weighted by atomic mass is 16.6. The fourth-order valence-corrected chi connectivity index (χ4v) is 2.80. The quantitative estimate of drug-likeness (QED) is 0.575. The molecule has 2 rings (SSSR count). The molecule has 1 aromatic heterocycles. The van der Waals surface area contributed by atoms with Crippen molar-refractivity contribution in [1.29, 1.82) is 0 Å². The number of aliphatic carboxylic acids is 1. The summed E-state index contributed by atoms with van der Waals surface area (Å²) in [7, 11) is 0. The number of carbonyl (C=O) groups excluding carboxylic acids is 1. The van der Waals surface area contributed by atoms with Gasteiger partial charge in [0.25, 0.3) is 5.91 Å². The second-order valence-electron chi connectivity index (χ2n) is 5.39. The van der Waals surface area contributed by atoms with Crippen LogP contribution in [0.5, 0.6) is 0 Å². The molecule has 8 nitrogen and oxygen atoms in total. The zero-order valence-electron chi connectivity index (χ0n) is 11.6. The van der Waals surface area contributed by atoms with Gasteiger partial charge in [0.05, 0.1) is 0 Å². The topological polar surface area (TPSA) is 125 Å². The van der Waals surface area contributed by atoms with Crippen LogP contribution in [0.4, 0.5) is 5.82 Å². The molecule has 114 valence electrons. The SMILES string of the molecule is CC1CCCCC1(NC(=O)c1ccc([N+](=O)[O-])[nH]1)C(=O)O. The van der Waals surface area contributed by atoms with Crippen molar-refractivity contribution in [2.75, 3.05) is 0 Å². The summed E-state index contributed by atoms with van der Waals surface area (Å²) in [6.45, 7) is 1.80. The number of carboxylic acids is 1. The predicted octanol–water partition coefficient (Wildman–Crippen LogP) is 1.69. The summed E-state index contributed by atoms with van der Waals surface area (Å²) in [6.07, 6.45) is 2.73.